The first-order valence-corrected chi connectivity index (χ1v) is 5.02. The molecule has 80 valence electrons. The molecule has 0 aliphatic heterocycles. The van der Waals surface area contributed by atoms with Crippen molar-refractivity contribution >= 4 is 0 Å². The van der Waals surface area contributed by atoms with E-state index in [9.17, 15) is 0 Å². The van der Waals surface area contributed by atoms with Crippen LogP contribution in [0.5, 0.6) is 0 Å². The molecular formula is C10H19N3O. The number of hydrogen-bond donors (Lipinski definition) is 1. The summed E-state index contributed by atoms with van der Waals surface area (Å²) in [5, 5.41) is 3.93. The van der Waals surface area contributed by atoms with Gasteiger partial charge in [-0.2, -0.15) is 4.98 Å². The number of aromatic nitrogens is 2. The molecule has 0 fully saturated rings. The number of rotatable bonds is 3. The lowest BCUT2D eigenvalue weighted by Crippen LogP contribution is -2.21. The highest BCUT2D eigenvalue weighted by Gasteiger charge is 2.21. The predicted molar refractivity (Wildman–Crippen MR) is 55.0 cm³/mol. The van der Waals surface area contributed by atoms with Gasteiger partial charge in [0.15, 0.2) is 5.82 Å². The molecular weight excluding hydrogens is 178 g/mol. The van der Waals surface area contributed by atoms with Gasteiger partial charge in [0.2, 0.25) is 5.89 Å². The average Bonchev–Trinajstić information content (AvgIpc) is 2.51. The molecule has 4 heteroatoms. The third-order valence-electron chi connectivity index (χ3n) is 2.10. The molecule has 0 aliphatic rings. The molecule has 1 unspecified atom stereocenters. The Morgan fingerprint density at radius 3 is 2.50 bits per heavy atom. The number of hydrogen-bond acceptors (Lipinski definition) is 4. The highest BCUT2D eigenvalue weighted by molar-refractivity contribution is 5.00. The fourth-order valence-corrected chi connectivity index (χ4v) is 1.01. The first kappa shape index (κ1) is 11.2. The van der Waals surface area contributed by atoms with Gasteiger partial charge in [0.1, 0.15) is 0 Å². The van der Waals surface area contributed by atoms with Gasteiger partial charge in [-0.1, -0.05) is 32.9 Å². The van der Waals surface area contributed by atoms with E-state index in [4.69, 9.17) is 10.3 Å². The van der Waals surface area contributed by atoms with Gasteiger partial charge < -0.3 is 10.3 Å². The molecule has 0 bridgehead atoms. The fourth-order valence-electron chi connectivity index (χ4n) is 1.01. The van der Waals surface area contributed by atoms with E-state index >= 15 is 0 Å². The van der Waals surface area contributed by atoms with Crippen molar-refractivity contribution in [2.45, 2.75) is 52.0 Å². The Labute approximate surface area is 84.9 Å². The van der Waals surface area contributed by atoms with E-state index in [2.05, 4.69) is 30.9 Å². The summed E-state index contributed by atoms with van der Waals surface area (Å²) in [6.07, 6.45) is 1.59. The van der Waals surface area contributed by atoms with Gasteiger partial charge in [0, 0.05) is 17.9 Å². The summed E-state index contributed by atoms with van der Waals surface area (Å²) in [7, 11) is 0. The Kier molecular flexibility index (Phi) is 3.26. The molecule has 1 aromatic heterocycles. The summed E-state index contributed by atoms with van der Waals surface area (Å²) in [5.41, 5.74) is 5.74. The third-order valence-corrected chi connectivity index (χ3v) is 2.10. The average molecular weight is 197 g/mol. The number of nitrogens with zero attached hydrogens (tertiary/aromatic N) is 2. The Balaban J connectivity index is 2.69. The van der Waals surface area contributed by atoms with E-state index in [-0.39, 0.29) is 11.5 Å². The second-order valence-electron chi connectivity index (χ2n) is 4.63. The SMILES string of the molecule is CCC(N)Cc1nc(C(C)(C)C)no1. The molecule has 1 rings (SSSR count). The second kappa shape index (κ2) is 4.09. The summed E-state index contributed by atoms with van der Waals surface area (Å²) in [6, 6.07) is 0.114. The number of nitrogens with two attached hydrogens (primary N) is 1. The van der Waals surface area contributed by atoms with Crippen LogP contribution in [-0.2, 0) is 11.8 Å². The first-order chi connectivity index (χ1) is 6.43. The van der Waals surface area contributed by atoms with E-state index in [0.717, 1.165) is 12.2 Å². The minimum atomic E-state index is -0.0575. The third kappa shape index (κ3) is 2.80. The van der Waals surface area contributed by atoms with Crippen molar-refractivity contribution in [1.82, 2.24) is 10.1 Å². The largest absolute Gasteiger partial charge is 0.339 e. The molecule has 2 N–H and O–H groups in total. The lowest BCUT2D eigenvalue weighted by atomic mass is 9.96. The smallest absolute Gasteiger partial charge is 0.228 e. The molecule has 1 aromatic rings. The van der Waals surface area contributed by atoms with E-state index in [0.29, 0.717) is 12.3 Å². The maximum atomic E-state index is 5.80. The summed E-state index contributed by atoms with van der Waals surface area (Å²) in [4.78, 5) is 4.31. The summed E-state index contributed by atoms with van der Waals surface area (Å²) in [5.74, 6) is 1.39. The van der Waals surface area contributed by atoms with Crippen molar-refractivity contribution in [3.8, 4) is 0 Å². The van der Waals surface area contributed by atoms with Gasteiger partial charge in [0.05, 0.1) is 0 Å². The molecule has 0 aliphatic carbocycles. The standard InChI is InChI=1S/C10H19N3O/c1-5-7(11)6-8-12-9(13-14-8)10(2,3)4/h7H,5-6,11H2,1-4H3. The highest BCUT2D eigenvalue weighted by Crippen LogP contribution is 2.18. The van der Waals surface area contributed by atoms with Gasteiger partial charge in [-0.25, -0.2) is 0 Å². The van der Waals surface area contributed by atoms with Crippen molar-refractivity contribution in [1.29, 1.82) is 0 Å². The van der Waals surface area contributed by atoms with Crippen LogP contribution in [0, 0.1) is 0 Å². The molecule has 0 spiro atoms. The monoisotopic (exact) mass is 197 g/mol. The lowest BCUT2D eigenvalue weighted by molar-refractivity contribution is 0.354. The van der Waals surface area contributed by atoms with Crippen molar-refractivity contribution < 1.29 is 4.52 Å². The molecule has 4 nitrogen and oxygen atoms in total. The minimum absolute atomic E-state index is 0.0575. The predicted octanol–water partition coefficient (Wildman–Crippen LogP) is 1.65. The maximum Gasteiger partial charge on any atom is 0.228 e. The van der Waals surface area contributed by atoms with E-state index in [1.54, 1.807) is 0 Å². The first-order valence-electron chi connectivity index (χ1n) is 5.02. The lowest BCUT2D eigenvalue weighted by Gasteiger charge is -2.11. The van der Waals surface area contributed by atoms with E-state index < -0.39 is 0 Å². The topological polar surface area (TPSA) is 64.9 Å². The Hall–Kier alpha value is -0.900. The second-order valence-corrected chi connectivity index (χ2v) is 4.63. The van der Waals surface area contributed by atoms with E-state index in [1.807, 2.05) is 6.92 Å². The Bertz CT molecular complexity index is 288. The zero-order valence-electron chi connectivity index (χ0n) is 9.37. The van der Waals surface area contributed by atoms with Crippen LogP contribution < -0.4 is 5.73 Å². The summed E-state index contributed by atoms with van der Waals surface area (Å²) in [6.45, 7) is 8.22. The van der Waals surface area contributed by atoms with Crippen LogP contribution in [0.15, 0.2) is 4.52 Å². The Morgan fingerprint density at radius 2 is 2.07 bits per heavy atom. The quantitative estimate of drug-likeness (QED) is 0.800. The summed E-state index contributed by atoms with van der Waals surface area (Å²) >= 11 is 0. The van der Waals surface area contributed by atoms with E-state index in [1.165, 1.54) is 0 Å². The van der Waals surface area contributed by atoms with Gasteiger partial charge in [-0.05, 0) is 6.42 Å². The summed E-state index contributed by atoms with van der Waals surface area (Å²) < 4.78 is 5.12. The molecule has 0 saturated heterocycles. The maximum absolute atomic E-state index is 5.80. The molecule has 0 amide bonds. The van der Waals surface area contributed by atoms with Gasteiger partial charge in [-0.15, -0.1) is 0 Å². The van der Waals surface area contributed by atoms with Crippen molar-refractivity contribution in [2.75, 3.05) is 0 Å². The van der Waals surface area contributed by atoms with Crippen molar-refractivity contribution in [3.63, 3.8) is 0 Å². The van der Waals surface area contributed by atoms with Gasteiger partial charge in [-0.3, -0.25) is 0 Å². The molecule has 0 radical (unpaired) electrons. The van der Waals surface area contributed by atoms with Crippen LogP contribution in [0.3, 0.4) is 0 Å². The molecule has 14 heavy (non-hydrogen) atoms. The van der Waals surface area contributed by atoms with Crippen LogP contribution in [0.2, 0.25) is 0 Å². The zero-order valence-corrected chi connectivity index (χ0v) is 9.37. The van der Waals surface area contributed by atoms with Gasteiger partial charge >= 0.3 is 0 Å². The molecule has 0 saturated carbocycles. The normalized spacial score (nSPS) is 14.4. The zero-order chi connectivity index (χ0) is 10.8. The van der Waals surface area contributed by atoms with Crippen molar-refractivity contribution in [2.24, 2.45) is 5.73 Å². The fraction of sp³-hybridized carbons (Fsp3) is 0.800. The Morgan fingerprint density at radius 1 is 1.43 bits per heavy atom. The van der Waals surface area contributed by atoms with Crippen LogP contribution in [0.1, 0.15) is 45.8 Å². The minimum Gasteiger partial charge on any atom is -0.339 e. The highest BCUT2D eigenvalue weighted by atomic mass is 16.5. The van der Waals surface area contributed by atoms with Crippen LogP contribution in [0.25, 0.3) is 0 Å². The van der Waals surface area contributed by atoms with Crippen LogP contribution in [0.4, 0.5) is 0 Å². The molecule has 1 atom stereocenters. The van der Waals surface area contributed by atoms with Gasteiger partial charge in [0.25, 0.3) is 0 Å². The van der Waals surface area contributed by atoms with Crippen molar-refractivity contribution in [3.05, 3.63) is 11.7 Å². The molecule has 0 aromatic carbocycles. The van der Waals surface area contributed by atoms with Crippen LogP contribution in [-0.4, -0.2) is 16.2 Å². The van der Waals surface area contributed by atoms with Crippen LogP contribution >= 0.6 is 0 Å². The molecule has 1 heterocycles.